The number of nitrogens with zero attached hydrogens (tertiary/aromatic N) is 1. The summed E-state index contributed by atoms with van der Waals surface area (Å²) in [5.41, 5.74) is 1.33. The van der Waals surface area contributed by atoms with Gasteiger partial charge in [-0.25, -0.2) is 0 Å². The fraction of sp³-hybridized carbons (Fsp3) is 0.368. The van der Waals surface area contributed by atoms with Crippen molar-refractivity contribution < 1.29 is 14.3 Å². The molecule has 1 heterocycles. The van der Waals surface area contributed by atoms with Crippen LogP contribution in [0.3, 0.4) is 0 Å². The highest BCUT2D eigenvalue weighted by molar-refractivity contribution is 5.95. The highest BCUT2D eigenvalue weighted by Crippen LogP contribution is 2.28. The molecule has 1 N–H and O–H groups in total. The molecule has 1 aromatic heterocycles. The normalized spacial score (nSPS) is 11.9. The van der Waals surface area contributed by atoms with Crippen molar-refractivity contribution in [3.8, 4) is 11.5 Å². The minimum absolute atomic E-state index is 0.179. The van der Waals surface area contributed by atoms with Crippen LogP contribution in [0.25, 0.3) is 0 Å². The van der Waals surface area contributed by atoms with Gasteiger partial charge in [-0.2, -0.15) is 0 Å². The number of aromatic nitrogens is 1. The van der Waals surface area contributed by atoms with Crippen molar-refractivity contribution in [3.05, 3.63) is 53.9 Å². The number of rotatable bonds is 7. The number of carbonyl (C=O) groups is 1. The second kappa shape index (κ2) is 8.34. The van der Waals surface area contributed by atoms with Gasteiger partial charge in [-0.1, -0.05) is 19.9 Å². The van der Waals surface area contributed by atoms with Crippen LogP contribution in [0.5, 0.6) is 11.5 Å². The number of ether oxygens (including phenoxy) is 2. The highest BCUT2D eigenvalue weighted by atomic mass is 16.5. The van der Waals surface area contributed by atoms with Gasteiger partial charge in [0.05, 0.1) is 25.5 Å². The molecule has 1 unspecified atom stereocenters. The van der Waals surface area contributed by atoms with Crippen LogP contribution in [-0.4, -0.2) is 24.6 Å². The summed E-state index contributed by atoms with van der Waals surface area (Å²) in [7, 11) is 1.57. The van der Waals surface area contributed by atoms with E-state index < -0.39 is 0 Å². The van der Waals surface area contributed by atoms with Crippen LogP contribution in [-0.2, 0) is 0 Å². The topological polar surface area (TPSA) is 60.5 Å². The van der Waals surface area contributed by atoms with Gasteiger partial charge in [0.25, 0.3) is 5.91 Å². The molecule has 0 spiro atoms. The Balaban J connectivity index is 2.09. The Morgan fingerprint density at radius 1 is 1.17 bits per heavy atom. The lowest BCUT2D eigenvalue weighted by atomic mass is 10.1. The van der Waals surface area contributed by atoms with E-state index in [0.29, 0.717) is 29.6 Å². The molecule has 2 aromatic rings. The van der Waals surface area contributed by atoms with Crippen molar-refractivity contribution in [1.82, 2.24) is 10.3 Å². The molecule has 1 atom stereocenters. The number of pyridine rings is 1. The van der Waals surface area contributed by atoms with Crippen LogP contribution < -0.4 is 14.8 Å². The van der Waals surface area contributed by atoms with Crippen LogP contribution in [0, 0.1) is 5.92 Å². The van der Waals surface area contributed by atoms with Crippen molar-refractivity contribution in [1.29, 1.82) is 0 Å². The third-order valence-electron chi connectivity index (χ3n) is 3.48. The summed E-state index contributed by atoms with van der Waals surface area (Å²) in [6, 6.07) is 10.6. The first-order valence-corrected chi connectivity index (χ1v) is 8.04. The standard InChI is InChI=1S/C19H24N2O3/c1-13(2)12-24-17-9-8-15(11-18(17)23-4)19(22)21-14(3)16-7-5-6-10-20-16/h5-11,13-14H,12H2,1-4H3,(H,21,22). The second-order valence-electron chi connectivity index (χ2n) is 6.02. The van der Waals surface area contributed by atoms with Crippen LogP contribution in [0.15, 0.2) is 42.6 Å². The van der Waals surface area contributed by atoms with Crippen molar-refractivity contribution in [2.75, 3.05) is 13.7 Å². The third-order valence-corrected chi connectivity index (χ3v) is 3.48. The quantitative estimate of drug-likeness (QED) is 0.843. The van der Waals surface area contributed by atoms with E-state index in [9.17, 15) is 4.79 Å². The molecule has 0 radical (unpaired) electrons. The number of benzene rings is 1. The first-order chi connectivity index (χ1) is 11.5. The zero-order chi connectivity index (χ0) is 17.5. The van der Waals surface area contributed by atoms with Crippen molar-refractivity contribution in [2.24, 2.45) is 5.92 Å². The van der Waals surface area contributed by atoms with Gasteiger partial charge in [-0.15, -0.1) is 0 Å². The monoisotopic (exact) mass is 328 g/mol. The van der Waals surface area contributed by atoms with E-state index in [0.717, 1.165) is 5.69 Å². The number of carbonyl (C=O) groups excluding carboxylic acids is 1. The van der Waals surface area contributed by atoms with E-state index in [4.69, 9.17) is 9.47 Å². The maximum atomic E-state index is 12.4. The minimum atomic E-state index is -0.179. The Morgan fingerprint density at radius 2 is 1.96 bits per heavy atom. The molecule has 24 heavy (non-hydrogen) atoms. The van der Waals surface area contributed by atoms with E-state index in [2.05, 4.69) is 24.1 Å². The van der Waals surface area contributed by atoms with Gasteiger partial charge in [0.1, 0.15) is 0 Å². The Labute approximate surface area is 143 Å². The summed E-state index contributed by atoms with van der Waals surface area (Å²) in [6.07, 6.45) is 1.71. The van der Waals surface area contributed by atoms with Crippen LogP contribution in [0.4, 0.5) is 0 Å². The lowest BCUT2D eigenvalue weighted by Gasteiger charge is -2.15. The molecule has 0 saturated heterocycles. The lowest BCUT2D eigenvalue weighted by molar-refractivity contribution is 0.0938. The molecule has 0 aliphatic rings. The smallest absolute Gasteiger partial charge is 0.251 e. The molecule has 1 aromatic carbocycles. The summed E-state index contributed by atoms with van der Waals surface area (Å²) in [5.74, 6) is 1.42. The third kappa shape index (κ3) is 4.72. The largest absolute Gasteiger partial charge is 0.493 e. The maximum absolute atomic E-state index is 12.4. The maximum Gasteiger partial charge on any atom is 0.251 e. The van der Waals surface area contributed by atoms with Gasteiger partial charge in [0, 0.05) is 11.8 Å². The van der Waals surface area contributed by atoms with Gasteiger partial charge in [0.15, 0.2) is 11.5 Å². The summed E-state index contributed by atoms with van der Waals surface area (Å²) in [5, 5.41) is 2.94. The summed E-state index contributed by atoms with van der Waals surface area (Å²) in [6.45, 7) is 6.65. The predicted molar refractivity (Wildman–Crippen MR) is 93.4 cm³/mol. The van der Waals surface area contributed by atoms with E-state index >= 15 is 0 Å². The molecule has 5 nitrogen and oxygen atoms in total. The van der Waals surface area contributed by atoms with Gasteiger partial charge < -0.3 is 14.8 Å². The summed E-state index contributed by atoms with van der Waals surface area (Å²) < 4.78 is 11.0. The number of amides is 1. The van der Waals surface area contributed by atoms with E-state index in [-0.39, 0.29) is 11.9 Å². The number of nitrogens with one attached hydrogen (secondary N) is 1. The second-order valence-corrected chi connectivity index (χ2v) is 6.02. The summed E-state index contributed by atoms with van der Waals surface area (Å²) >= 11 is 0. The highest BCUT2D eigenvalue weighted by Gasteiger charge is 2.15. The first kappa shape index (κ1) is 17.8. The molecule has 0 fully saturated rings. The molecule has 2 rings (SSSR count). The van der Waals surface area contributed by atoms with Crippen molar-refractivity contribution >= 4 is 5.91 Å². The Kier molecular flexibility index (Phi) is 6.18. The fourth-order valence-electron chi connectivity index (χ4n) is 2.17. The SMILES string of the molecule is COc1cc(C(=O)NC(C)c2ccccn2)ccc1OCC(C)C. The average molecular weight is 328 g/mol. The van der Waals surface area contributed by atoms with Gasteiger partial charge in [-0.05, 0) is 43.2 Å². The van der Waals surface area contributed by atoms with Crippen LogP contribution in [0.1, 0.15) is 42.9 Å². The average Bonchev–Trinajstić information content (AvgIpc) is 2.60. The van der Waals surface area contributed by atoms with E-state index in [1.54, 1.807) is 31.5 Å². The summed E-state index contributed by atoms with van der Waals surface area (Å²) in [4.78, 5) is 16.7. The Morgan fingerprint density at radius 3 is 2.58 bits per heavy atom. The van der Waals surface area contributed by atoms with E-state index in [1.807, 2.05) is 25.1 Å². The molecule has 128 valence electrons. The van der Waals surface area contributed by atoms with E-state index in [1.165, 1.54) is 0 Å². The number of hydrogen-bond donors (Lipinski definition) is 1. The zero-order valence-electron chi connectivity index (χ0n) is 14.6. The zero-order valence-corrected chi connectivity index (χ0v) is 14.6. The molecule has 0 aliphatic heterocycles. The lowest BCUT2D eigenvalue weighted by Crippen LogP contribution is -2.27. The number of hydrogen-bond acceptors (Lipinski definition) is 4. The molecule has 0 saturated carbocycles. The molecule has 1 amide bonds. The van der Waals surface area contributed by atoms with Gasteiger partial charge in [0.2, 0.25) is 0 Å². The first-order valence-electron chi connectivity index (χ1n) is 8.04. The van der Waals surface area contributed by atoms with Gasteiger partial charge in [-0.3, -0.25) is 9.78 Å². The van der Waals surface area contributed by atoms with Crippen molar-refractivity contribution in [2.45, 2.75) is 26.8 Å². The molecule has 0 bridgehead atoms. The molecule has 5 heteroatoms. The fourth-order valence-corrected chi connectivity index (χ4v) is 2.17. The Hall–Kier alpha value is -2.56. The number of methoxy groups -OCH3 is 1. The van der Waals surface area contributed by atoms with Crippen molar-refractivity contribution in [3.63, 3.8) is 0 Å². The Bertz CT molecular complexity index is 672. The predicted octanol–water partition coefficient (Wildman–Crippen LogP) is 3.62. The molecular weight excluding hydrogens is 304 g/mol. The minimum Gasteiger partial charge on any atom is -0.493 e. The molecule has 0 aliphatic carbocycles. The molecular formula is C19H24N2O3. The van der Waals surface area contributed by atoms with Crippen LogP contribution >= 0.6 is 0 Å². The van der Waals surface area contributed by atoms with Gasteiger partial charge >= 0.3 is 0 Å². The van der Waals surface area contributed by atoms with Crippen LogP contribution in [0.2, 0.25) is 0 Å².